The Bertz CT molecular complexity index is 870. The molecule has 0 aliphatic rings. The number of alkyl halides is 3. The molecule has 26 heavy (non-hydrogen) atoms. The molecular formula is C16H13ClF3N3O3. The molecule has 0 radical (unpaired) electrons. The van der Waals surface area contributed by atoms with E-state index in [-0.39, 0.29) is 10.6 Å². The largest absolute Gasteiger partial charge is 0.418 e. The van der Waals surface area contributed by atoms with Crippen LogP contribution in [0.3, 0.4) is 0 Å². The topological polar surface area (TPSA) is 75.5 Å². The molecular weight excluding hydrogens is 375 g/mol. The Morgan fingerprint density at radius 3 is 2.38 bits per heavy atom. The summed E-state index contributed by atoms with van der Waals surface area (Å²) in [5.74, 6) is -0.923. The molecule has 2 aromatic carbocycles. The van der Waals surface area contributed by atoms with Gasteiger partial charge in [-0.1, -0.05) is 11.6 Å². The molecule has 0 fully saturated rings. The predicted octanol–water partition coefficient (Wildman–Crippen LogP) is 4.59. The minimum Gasteiger partial charge on any atom is -0.378 e. The average Bonchev–Trinajstić information content (AvgIpc) is 2.53. The maximum absolute atomic E-state index is 13.3. The third kappa shape index (κ3) is 4.23. The van der Waals surface area contributed by atoms with Crippen molar-refractivity contribution in [2.45, 2.75) is 6.18 Å². The molecule has 0 saturated carbocycles. The first-order valence-corrected chi connectivity index (χ1v) is 7.52. The first-order chi connectivity index (χ1) is 12.0. The highest BCUT2D eigenvalue weighted by Crippen LogP contribution is 2.37. The van der Waals surface area contributed by atoms with Crippen molar-refractivity contribution in [2.75, 3.05) is 24.3 Å². The first kappa shape index (κ1) is 19.5. The molecule has 1 amide bonds. The van der Waals surface area contributed by atoms with Crippen LogP contribution in [0.5, 0.6) is 0 Å². The van der Waals surface area contributed by atoms with Gasteiger partial charge in [-0.3, -0.25) is 14.9 Å². The van der Waals surface area contributed by atoms with Crippen molar-refractivity contribution >= 4 is 34.6 Å². The molecule has 0 bridgehead atoms. The number of hydrogen-bond acceptors (Lipinski definition) is 4. The molecule has 0 aromatic heterocycles. The Morgan fingerprint density at radius 2 is 1.85 bits per heavy atom. The highest BCUT2D eigenvalue weighted by molar-refractivity contribution is 6.32. The third-order valence-electron chi connectivity index (χ3n) is 3.48. The Kier molecular flexibility index (Phi) is 5.41. The van der Waals surface area contributed by atoms with E-state index in [2.05, 4.69) is 5.32 Å². The molecule has 0 saturated heterocycles. The number of anilines is 2. The van der Waals surface area contributed by atoms with Gasteiger partial charge in [-0.05, 0) is 30.3 Å². The number of nitro benzene ring substituents is 1. The van der Waals surface area contributed by atoms with E-state index in [4.69, 9.17) is 11.6 Å². The second-order valence-corrected chi connectivity index (χ2v) is 5.91. The number of carbonyl (C=O) groups is 1. The zero-order valence-corrected chi connectivity index (χ0v) is 14.4. The average molecular weight is 388 g/mol. The quantitative estimate of drug-likeness (QED) is 0.615. The van der Waals surface area contributed by atoms with E-state index in [1.54, 1.807) is 14.1 Å². The molecule has 0 heterocycles. The molecule has 0 aliphatic carbocycles. The summed E-state index contributed by atoms with van der Waals surface area (Å²) >= 11 is 5.66. The van der Waals surface area contributed by atoms with Crippen LogP contribution in [0.2, 0.25) is 5.02 Å². The lowest BCUT2D eigenvalue weighted by Crippen LogP contribution is -2.18. The van der Waals surface area contributed by atoms with Crippen LogP contribution in [0.4, 0.5) is 30.2 Å². The smallest absolute Gasteiger partial charge is 0.378 e. The van der Waals surface area contributed by atoms with Crippen molar-refractivity contribution < 1.29 is 22.9 Å². The number of nitrogens with zero attached hydrogens (tertiary/aromatic N) is 2. The van der Waals surface area contributed by atoms with Gasteiger partial charge in [-0.2, -0.15) is 13.2 Å². The Labute approximate surface area is 151 Å². The van der Waals surface area contributed by atoms with Crippen molar-refractivity contribution in [3.63, 3.8) is 0 Å². The molecule has 6 nitrogen and oxygen atoms in total. The van der Waals surface area contributed by atoms with Gasteiger partial charge in [0.15, 0.2) is 0 Å². The molecule has 10 heteroatoms. The Balaban J connectivity index is 2.40. The van der Waals surface area contributed by atoms with Gasteiger partial charge in [0.1, 0.15) is 5.02 Å². The van der Waals surface area contributed by atoms with E-state index in [1.165, 1.54) is 17.0 Å². The predicted molar refractivity (Wildman–Crippen MR) is 91.8 cm³/mol. The number of carbonyl (C=O) groups excluding carboxylic acids is 1. The van der Waals surface area contributed by atoms with Gasteiger partial charge in [0.05, 0.1) is 16.2 Å². The van der Waals surface area contributed by atoms with Crippen LogP contribution in [0, 0.1) is 10.1 Å². The van der Waals surface area contributed by atoms with Crippen LogP contribution < -0.4 is 10.2 Å². The zero-order chi connectivity index (χ0) is 19.6. The van der Waals surface area contributed by atoms with Crippen molar-refractivity contribution in [1.82, 2.24) is 0 Å². The monoisotopic (exact) mass is 387 g/mol. The number of nitrogens with one attached hydrogen (secondary N) is 1. The standard InChI is InChI=1S/C16H13ClF3N3O3/c1-22(2)10-4-6-13(11(8-10)16(18,19)20)21-15(24)9-3-5-12(17)14(7-9)23(25)26/h3-8H,1-2H3,(H,21,24). The van der Waals surface area contributed by atoms with E-state index in [9.17, 15) is 28.1 Å². The minimum absolute atomic E-state index is 0.183. The van der Waals surface area contributed by atoms with E-state index < -0.39 is 33.9 Å². The zero-order valence-electron chi connectivity index (χ0n) is 13.6. The Morgan fingerprint density at radius 1 is 1.19 bits per heavy atom. The summed E-state index contributed by atoms with van der Waals surface area (Å²) in [7, 11) is 3.17. The van der Waals surface area contributed by atoms with Crippen LogP contribution in [0.25, 0.3) is 0 Å². The lowest BCUT2D eigenvalue weighted by molar-refractivity contribution is -0.384. The Hall–Kier alpha value is -2.81. The van der Waals surface area contributed by atoms with Crippen LogP contribution in [0.15, 0.2) is 36.4 Å². The van der Waals surface area contributed by atoms with Gasteiger partial charge in [-0.25, -0.2) is 0 Å². The van der Waals surface area contributed by atoms with Gasteiger partial charge in [0.25, 0.3) is 11.6 Å². The number of amides is 1. The molecule has 2 rings (SSSR count). The lowest BCUT2D eigenvalue weighted by atomic mass is 10.1. The summed E-state index contributed by atoms with van der Waals surface area (Å²) in [5.41, 5.74) is -1.88. The molecule has 0 unspecified atom stereocenters. The highest BCUT2D eigenvalue weighted by Gasteiger charge is 2.34. The summed E-state index contributed by atoms with van der Waals surface area (Å²) in [6.07, 6.45) is -4.69. The molecule has 0 spiro atoms. The van der Waals surface area contributed by atoms with Crippen molar-refractivity contribution in [3.8, 4) is 0 Å². The molecule has 0 atom stereocenters. The molecule has 2 aromatic rings. The van der Waals surface area contributed by atoms with Crippen LogP contribution >= 0.6 is 11.6 Å². The second-order valence-electron chi connectivity index (χ2n) is 5.50. The van der Waals surface area contributed by atoms with Crippen molar-refractivity contribution in [1.29, 1.82) is 0 Å². The molecule has 1 N–H and O–H groups in total. The van der Waals surface area contributed by atoms with Crippen molar-refractivity contribution in [2.24, 2.45) is 0 Å². The maximum atomic E-state index is 13.3. The third-order valence-corrected chi connectivity index (χ3v) is 3.80. The van der Waals surface area contributed by atoms with Gasteiger partial charge < -0.3 is 10.2 Å². The van der Waals surface area contributed by atoms with Crippen LogP contribution in [-0.4, -0.2) is 24.9 Å². The van der Waals surface area contributed by atoms with E-state index in [0.29, 0.717) is 5.69 Å². The lowest BCUT2D eigenvalue weighted by Gasteiger charge is -2.18. The van der Waals surface area contributed by atoms with Crippen molar-refractivity contribution in [3.05, 3.63) is 62.7 Å². The summed E-state index contributed by atoms with van der Waals surface area (Å²) in [6.45, 7) is 0. The molecule has 138 valence electrons. The summed E-state index contributed by atoms with van der Waals surface area (Å²) < 4.78 is 39.9. The fraction of sp³-hybridized carbons (Fsp3) is 0.188. The number of halogens is 4. The molecule has 0 aliphatic heterocycles. The highest BCUT2D eigenvalue weighted by atomic mass is 35.5. The van der Waals surface area contributed by atoms with Gasteiger partial charge in [0, 0.05) is 31.4 Å². The number of hydrogen-bond donors (Lipinski definition) is 1. The number of nitro groups is 1. The summed E-state index contributed by atoms with van der Waals surface area (Å²) in [5, 5.41) is 12.8. The fourth-order valence-corrected chi connectivity index (χ4v) is 2.33. The number of rotatable bonds is 4. The second kappa shape index (κ2) is 7.20. The number of benzene rings is 2. The first-order valence-electron chi connectivity index (χ1n) is 7.14. The van der Waals surface area contributed by atoms with Gasteiger partial charge >= 0.3 is 6.18 Å². The minimum atomic E-state index is -4.69. The van der Waals surface area contributed by atoms with E-state index in [0.717, 1.165) is 24.3 Å². The van der Waals surface area contributed by atoms with E-state index >= 15 is 0 Å². The normalized spacial score (nSPS) is 11.2. The summed E-state index contributed by atoms with van der Waals surface area (Å²) in [4.78, 5) is 23.8. The van der Waals surface area contributed by atoms with Crippen LogP contribution in [-0.2, 0) is 6.18 Å². The van der Waals surface area contributed by atoms with Crippen LogP contribution in [0.1, 0.15) is 15.9 Å². The van der Waals surface area contributed by atoms with Gasteiger partial charge in [-0.15, -0.1) is 0 Å². The maximum Gasteiger partial charge on any atom is 0.418 e. The fourth-order valence-electron chi connectivity index (χ4n) is 2.14. The van der Waals surface area contributed by atoms with Gasteiger partial charge in [0.2, 0.25) is 0 Å². The SMILES string of the molecule is CN(C)c1ccc(NC(=O)c2ccc(Cl)c([N+](=O)[O-])c2)c(C(F)(F)F)c1. The summed E-state index contributed by atoms with van der Waals surface area (Å²) in [6, 6.07) is 6.66. The van der Waals surface area contributed by atoms with E-state index in [1.807, 2.05) is 0 Å².